The molecule has 0 aromatic carbocycles. The van der Waals surface area contributed by atoms with Gasteiger partial charge < -0.3 is 14.2 Å². The summed E-state index contributed by atoms with van der Waals surface area (Å²) < 4.78 is 15.0. The van der Waals surface area contributed by atoms with Gasteiger partial charge in [0.2, 0.25) is 0 Å². The van der Waals surface area contributed by atoms with Gasteiger partial charge in [0.25, 0.3) is 0 Å². The second-order valence-electron chi connectivity index (χ2n) is 4.04. The third kappa shape index (κ3) is 10.1. The molecule has 0 spiro atoms. The summed E-state index contributed by atoms with van der Waals surface area (Å²) in [6.45, 7) is 4.58. The maximum atomic E-state index is 10.9. The highest BCUT2D eigenvalue weighted by Crippen LogP contribution is 2.11. The summed E-state index contributed by atoms with van der Waals surface area (Å²) in [5, 5.41) is 0. The lowest BCUT2D eigenvalue weighted by molar-refractivity contribution is -0.148. The Morgan fingerprint density at radius 3 is 2.44 bits per heavy atom. The second kappa shape index (κ2) is 11.0. The minimum atomic E-state index is -0.274. The van der Waals surface area contributed by atoms with Crippen LogP contribution in [0.4, 0.5) is 0 Å². The van der Waals surface area contributed by atoms with Crippen LogP contribution in [0, 0.1) is 0 Å². The van der Waals surface area contributed by atoms with Crippen molar-refractivity contribution in [2.75, 3.05) is 20.3 Å². The Balaban J connectivity index is 3.78. The van der Waals surface area contributed by atoms with Crippen molar-refractivity contribution in [3.63, 3.8) is 0 Å². The van der Waals surface area contributed by atoms with Crippen molar-refractivity contribution in [2.24, 2.45) is 0 Å². The Bertz CT molecular complexity index is 240. The average molecular weight is 260 g/mol. The van der Waals surface area contributed by atoms with Gasteiger partial charge in [0, 0.05) is 26.4 Å². The molecule has 0 radical (unpaired) electrons. The zero-order valence-corrected chi connectivity index (χ0v) is 11.6. The van der Waals surface area contributed by atoms with Crippen LogP contribution in [0.5, 0.6) is 0 Å². The minimum Gasteiger partial charge on any atom is -0.469 e. The number of hydrogen-bond donors (Lipinski definition) is 0. The van der Waals surface area contributed by atoms with Crippen LogP contribution in [0.3, 0.4) is 0 Å². The third-order valence-corrected chi connectivity index (χ3v) is 2.51. The smallest absolute Gasteiger partial charge is 0.305 e. The molecule has 0 aliphatic carbocycles. The van der Waals surface area contributed by atoms with Gasteiger partial charge in [0.1, 0.15) is 6.10 Å². The summed E-state index contributed by atoms with van der Waals surface area (Å²) in [6.07, 6.45) is 3.33. The highest BCUT2D eigenvalue weighted by Gasteiger charge is 2.12. The van der Waals surface area contributed by atoms with Crippen molar-refractivity contribution in [2.45, 2.75) is 52.1 Å². The van der Waals surface area contributed by atoms with Crippen LogP contribution in [0.1, 0.15) is 46.0 Å². The van der Waals surface area contributed by atoms with Crippen LogP contribution in [-0.2, 0) is 23.8 Å². The molecule has 106 valence electrons. The van der Waals surface area contributed by atoms with Crippen LogP contribution in [0.25, 0.3) is 0 Å². The van der Waals surface area contributed by atoms with E-state index in [4.69, 9.17) is 9.47 Å². The Morgan fingerprint density at radius 1 is 1.17 bits per heavy atom. The molecule has 0 bridgehead atoms. The Kier molecular flexibility index (Phi) is 10.3. The predicted octanol–water partition coefficient (Wildman–Crippen LogP) is 2.08. The lowest BCUT2D eigenvalue weighted by Crippen LogP contribution is -2.18. The number of esters is 2. The van der Waals surface area contributed by atoms with Gasteiger partial charge in [-0.15, -0.1) is 0 Å². The molecule has 0 rings (SSSR count). The molecule has 0 saturated carbocycles. The topological polar surface area (TPSA) is 61.8 Å². The van der Waals surface area contributed by atoms with E-state index < -0.39 is 0 Å². The van der Waals surface area contributed by atoms with E-state index in [9.17, 15) is 9.59 Å². The predicted molar refractivity (Wildman–Crippen MR) is 67.1 cm³/mol. The van der Waals surface area contributed by atoms with E-state index in [1.807, 2.05) is 6.92 Å². The van der Waals surface area contributed by atoms with E-state index in [1.165, 1.54) is 14.0 Å². The Hall–Kier alpha value is -1.10. The number of carbonyl (C=O) groups excluding carboxylic acids is 2. The van der Waals surface area contributed by atoms with Crippen molar-refractivity contribution >= 4 is 11.9 Å². The maximum absolute atomic E-state index is 10.9. The van der Waals surface area contributed by atoms with Gasteiger partial charge in [-0.2, -0.15) is 0 Å². The molecule has 0 amide bonds. The van der Waals surface area contributed by atoms with Gasteiger partial charge >= 0.3 is 11.9 Å². The van der Waals surface area contributed by atoms with Crippen LogP contribution in [0.15, 0.2) is 0 Å². The first kappa shape index (κ1) is 16.9. The first-order chi connectivity index (χ1) is 8.60. The van der Waals surface area contributed by atoms with Crippen molar-refractivity contribution in [1.82, 2.24) is 0 Å². The largest absolute Gasteiger partial charge is 0.469 e. The summed E-state index contributed by atoms with van der Waals surface area (Å²) in [5.74, 6) is -0.474. The number of hydrogen-bond acceptors (Lipinski definition) is 5. The molecule has 0 aromatic rings. The molecule has 0 saturated heterocycles. The zero-order chi connectivity index (χ0) is 13.8. The lowest BCUT2D eigenvalue weighted by atomic mass is 10.1. The number of ether oxygens (including phenoxy) is 3. The van der Waals surface area contributed by atoms with Crippen molar-refractivity contribution < 1.29 is 23.8 Å². The van der Waals surface area contributed by atoms with Crippen LogP contribution in [0.2, 0.25) is 0 Å². The molecule has 0 aliphatic rings. The third-order valence-electron chi connectivity index (χ3n) is 2.51. The standard InChI is InChI=1S/C13H24O5/c1-4-17-10-9-12(18-11(2)14)7-5-6-8-13(15)16-3/h12H,4-10H2,1-3H3/t12-/m0/s1. The molecule has 1 atom stereocenters. The van der Waals surface area contributed by atoms with E-state index in [0.717, 1.165) is 19.3 Å². The summed E-state index contributed by atoms with van der Waals surface area (Å²) in [6, 6.07) is 0. The van der Waals surface area contributed by atoms with Crippen molar-refractivity contribution in [3.8, 4) is 0 Å². The van der Waals surface area contributed by atoms with E-state index in [0.29, 0.717) is 26.1 Å². The van der Waals surface area contributed by atoms with Crippen LogP contribution < -0.4 is 0 Å². The lowest BCUT2D eigenvalue weighted by Gasteiger charge is -2.16. The molecule has 0 unspecified atom stereocenters. The number of carbonyl (C=O) groups is 2. The van der Waals surface area contributed by atoms with Crippen LogP contribution in [-0.4, -0.2) is 38.4 Å². The summed E-state index contributed by atoms with van der Waals surface area (Å²) >= 11 is 0. The zero-order valence-electron chi connectivity index (χ0n) is 11.6. The van der Waals surface area contributed by atoms with Gasteiger partial charge in [-0.3, -0.25) is 9.59 Å². The summed E-state index contributed by atoms with van der Waals surface area (Å²) in [7, 11) is 1.38. The molecule has 18 heavy (non-hydrogen) atoms. The van der Waals surface area contributed by atoms with Crippen molar-refractivity contribution in [1.29, 1.82) is 0 Å². The monoisotopic (exact) mass is 260 g/mol. The fourth-order valence-electron chi connectivity index (χ4n) is 1.60. The van der Waals surface area contributed by atoms with Crippen LogP contribution >= 0.6 is 0 Å². The van der Waals surface area contributed by atoms with E-state index in [1.54, 1.807) is 0 Å². The normalized spacial score (nSPS) is 11.9. The molecule has 0 heterocycles. The van der Waals surface area contributed by atoms with E-state index in [-0.39, 0.29) is 18.0 Å². The van der Waals surface area contributed by atoms with Gasteiger partial charge in [0.15, 0.2) is 0 Å². The first-order valence-corrected chi connectivity index (χ1v) is 6.41. The number of rotatable bonds is 10. The number of methoxy groups -OCH3 is 1. The second-order valence-corrected chi connectivity index (χ2v) is 4.04. The van der Waals surface area contributed by atoms with Gasteiger partial charge in [-0.25, -0.2) is 0 Å². The van der Waals surface area contributed by atoms with Crippen molar-refractivity contribution in [3.05, 3.63) is 0 Å². The highest BCUT2D eigenvalue weighted by molar-refractivity contribution is 5.69. The van der Waals surface area contributed by atoms with Gasteiger partial charge in [-0.1, -0.05) is 0 Å². The number of unbranched alkanes of at least 4 members (excludes halogenated alkanes) is 1. The van der Waals surface area contributed by atoms with E-state index >= 15 is 0 Å². The minimum absolute atomic E-state index is 0.119. The molecule has 0 aliphatic heterocycles. The average Bonchev–Trinajstić information content (AvgIpc) is 2.33. The Labute approximate surface area is 109 Å². The molecule has 0 N–H and O–H groups in total. The molecular formula is C13H24O5. The highest BCUT2D eigenvalue weighted by atomic mass is 16.5. The fourth-order valence-corrected chi connectivity index (χ4v) is 1.60. The first-order valence-electron chi connectivity index (χ1n) is 6.41. The Morgan fingerprint density at radius 2 is 1.89 bits per heavy atom. The molecule has 5 heteroatoms. The molecular weight excluding hydrogens is 236 g/mol. The summed E-state index contributed by atoms with van der Waals surface area (Å²) in [5.41, 5.74) is 0. The fraction of sp³-hybridized carbons (Fsp3) is 0.846. The maximum Gasteiger partial charge on any atom is 0.305 e. The van der Waals surface area contributed by atoms with Gasteiger partial charge in [-0.05, 0) is 26.2 Å². The molecule has 0 fully saturated rings. The quantitative estimate of drug-likeness (QED) is 0.444. The van der Waals surface area contributed by atoms with E-state index in [2.05, 4.69) is 4.74 Å². The SMILES string of the molecule is CCOCC[C@H](CCCCC(=O)OC)OC(C)=O. The summed E-state index contributed by atoms with van der Waals surface area (Å²) in [4.78, 5) is 21.9. The molecule has 5 nitrogen and oxygen atoms in total. The van der Waals surface area contributed by atoms with Gasteiger partial charge in [0.05, 0.1) is 13.7 Å². The molecule has 0 aromatic heterocycles.